The predicted molar refractivity (Wildman–Crippen MR) is 202 cm³/mol. The molecular weight excluding hydrogens is 622 g/mol. The average Bonchev–Trinajstić information content (AvgIpc) is 3.73. The second-order valence-corrected chi connectivity index (χ2v) is 10.9. The summed E-state index contributed by atoms with van der Waals surface area (Å²) in [6, 6.07) is 6.42. The van der Waals surface area contributed by atoms with Crippen LogP contribution in [0.2, 0.25) is 0 Å². The Labute approximate surface area is 297 Å². The summed E-state index contributed by atoms with van der Waals surface area (Å²) in [7, 11) is 2.93. The molecule has 6 N–H and O–H groups in total. The minimum Gasteiger partial charge on any atom is -0.400 e. The predicted octanol–water partition coefficient (Wildman–Crippen LogP) is 4.59. The fraction of sp³-hybridized carbons (Fsp3) is 0.605. The fourth-order valence-electron chi connectivity index (χ4n) is 4.52. The van der Waals surface area contributed by atoms with Crippen molar-refractivity contribution in [1.82, 2.24) is 20.9 Å². The normalized spacial score (nSPS) is 14.8. The van der Waals surface area contributed by atoms with Crippen molar-refractivity contribution in [2.24, 2.45) is 11.7 Å². The number of hydrogen-bond donors (Lipinski definition) is 5. The zero-order chi connectivity index (χ0) is 38.6. The molecule has 4 amide bonds. The van der Waals surface area contributed by atoms with Gasteiger partial charge in [-0.2, -0.15) is 0 Å². The monoisotopic (exact) mass is 690 g/mol. The summed E-state index contributed by atoms with van der Waals surface area (Å²) in [5, 5.41) is 14.7. The highest BCUT2D eigenvalue weighted by Gasteiger charge is 2.30. The highest BCUT2D eigenvalue weighted by Crippen LogP contribution is 2.28. The Kier molecular flexibility index (Phi) is 38.9. The molecule has 1 aliphatic carbocycles. The van der Waals surface area contributed by atoms with Crippen molar-refractivity contribution < 1.29 is 29.1 Å². The molecule has 1 saturated heterocycles. The Bertz CT molecular complexity index is 1020. The van der Waals surface area contributed by atoms with Crippen LogP contribution in [0, 0.1) is 18.3 Å². The maximum absolute atomic E-state index is 12.0. The van der Waals surface area contributed by atoms with E-state index in [1.54, 1.807) is 6.08 Å². The molecule has 49 heavy (non-hydrogen) atoms. The summed E-state index contributed by atoms with van der Waals surface area (Å²) in [6.45, 7) is 18.9. The number of nitrogens with zero attached hydrogens (tertiary/aromatic N) is 1. The molecule has 11 nitrogen and oxygen atoms in total. The molecule has 0 spiro atoms. The number of Topliss-reactive ketones (excluding diaryl/α,β-unsaturated/α-hetero) is 1. The number of ketones is 1. The van der Waals surface area contributed by atoms with Crippen LogP contribution in [0.5, 0.6) is 0 Å². The maximum Gasteiger partial charge on any atom is 0.312 e. The van der Waals surface area contributed by atoms with Gasteiger partial charge in [0.1, 0.15) is 6.29 Å². The standard InChI is InChI=1S/C13H20N2O2.C12H14N2O2.C4H7NO.2C3H8.C2H6.CH4O/c1-4-5-7-11(10(2)16)14-13(17)12-8-6-9-15(12)3;13-12(16)14-11(7-15)10-5-8-3-1-2-4-9(8)6-10;1-2-3-5-4-6;2*1-3-2;2*1-2/h1,11-12H,5-9H2,2-3H3,(H,14,17);1-4,7,10-11H,5-6H2,(H3,13,14,16);2,4H,1,3H2,(H,5,6);2*3H2,1-2H3;1-2H3;2H,1H3. The molecule has 1 aromatic carbocycles. The van der Waals surface area contributed by atoms with Crippen LogP contribution in [0.1, 0.15) is 98.1 Å². The number of likely N-dealkylation sites (tertiary alicyclic amines) is 1. The lowest BCUT2D eigenvalue weighted by Gasteiger charge is -2.22. The van der Waals surface area contributed by atoms with E-state index < -0.39 is 18.1 Å². The molecule has 0 bridgehead atoms. The Morgan fingerprint density at radius 1 is 1.06 bits per heavy atom. The lowest BCUT2D eigenvalue weighted by atomic mass is 9.98. The number of rotatable bonds is 11. The zero-order valence-corrected chi connectivity index (χ0v) is 31.7. The van der Waals surface area contributed by atoms with Crippen molar-refractivity contribution in [3.8, 4) is 12.3 Å². The van der Waals surface area contributed by atoms with E-state index in [4.69, 9.17) is 17.3 Å². The number of nitrogens with one attached hydrogen (secondary N) is 3. The van der Waals surface area contributed by atoms with Crippen LogP contribution in [0.15, 0.2) is 36.9 Å². The number of primary amides is 1. The lowest BCUT2D eigenvalue weighted by Crippen LogP contribution is -2.48. The van der Waals surface area contributed by atoms with Crippen LogP contribution in [0.3, 0.4) is 0 Å². The quantitative estimate of drug-likeness (QED) is 0.0979. The fourth-order valence-corrected chi connectivity index (χ4v) is 4.52. The summed E-state index contributed by atoms with van der Waals surface area (Å²) >= 11 is 0. The van der Waals surface area contributed by atoms with Gasteiger partial charge in [0.2, 0.25) is 12.3 Å². The van der Waals surface area contributed by atoms with Gasteiger partial charge in [0, 0.05) is 20.1 Å². The number of urea groups is 1. The number of likely N-dealkylation sites (N-methyl/N-ethyl adjacent to an activating group) is 1. The average molecular weight is 690 g/mol. The highest BCUT2D eigenvalue weighted by molar-refractivity contribution is 5.89. The van der Waals surface area contributed by atoms with E-state index in [1.807, 2.05) is 37.9 Å². The summed E-state index contributed by atoms with van der Waals surface area (Å²) < 4.78 is 0. The highest BCUT2D eigenvalue weighted by atomic mass is 16.2. The molecule has 0 radical (unpaired) electrons. The minimum atomic E-state index is -0.645. The van der Waals surface area contributed by atoms with E-state index >= 15 is 0 Å². The molecule has 3 unspecified atom stereocenters. The number of aliphatic hydroxyl groups excluding tert-OH is 1. The van der Waals surface area contributed by atoms with Gasteiger partial charge in [0.15, 0.2) is 5.78 Å². The third kappa shape index (κ3) is 26.6. The van der Waals surface area contributed by atoms with Gasteiger partial charge < -0.3 is 31.6 Å². The molecule has 1 heterocycles. The molecule has 1 aromatic rings. The summed E-state index contributed by atoms with van der Waals surface area (Å²) in [6.07, 6.45) is 15.3. The van der Waals surface area contributed by atoms with Crippen LogP contribution in [0.25, 0.3) is 0 Å². The van der Waals surface area contributed by atoms with Crippen molar-refractivity contribution in [1.29, 1.82) is 0 Å². The van der Waals surface area contributed by atoms with E-state index in [9.17, 15) is 24.0 Å². The first kappa shape index (κ1) is 51.8. The zero-order valence-electron chi connectivity index (χ0n) is 31.7. The summed E-state index contributed by atoms with van der Waals surface area (Å²) in [4.78, 5) is 56.4. The number of hydrogen-bond acceptors (Lipinski definition) is 7. The first-order valence-electron chi connectivity index (χ1n) is 17.3. The van der Waals surface area contributed by atoms with Crippen LogP contribution < -0.4 is 21.7 Å². The Morgan fingerprint density at radius 2 is 1.57 bits per heavy atom. The molecule has 0 saturated carbocycles. The number of terminal acetylenes is 1. The van der Waals surface area contributed by atoms with Crippen molar-refractivity contribution in [3.63, 3.8) is 0 Å². The number of fused-ring (bicyclic) bond motifs is 1. The van der Waals surface area contributed by atoms with Crippen molar-refractivity contribution in [2.75, 3.05) is 27.2 Å². The Morgan fingerprint density at radius 3 is 1.90 bits per heavy atom. The molecule has 3 atom stereocenters. The van der Waals surface area contributed by atoms with Crippen LogP contribution in [0.4, 0.5) is 4.79 Å². The second kappa shape index (κ2) is 36.8. The van der Waals surface area contributed by atoms with Crippen LogP contribution in [-0.4, -0.2) is 85.8 Å². The molecule has 11 heteroatoms. The topological polar surface area (TPSA) is 171 Å². The van der Waals surface area contributed by atoms with Gasteiger partial charge in [-0.1, -0.05) is 84.7 Å². The molecule has 2 aliphatic rings. The van der Waals surface area contributed by atoms with E-state index in [0.717, 1.165) is 45.6 Å². The molecule has 1 aliphatic heterocycles. The number of aliphatic hydroxyl groups is 1. The SMILES string of the molecule is C#CCCC(NC(=O)C1CCCN1C)C(C)=O.C=CCNC=O.CC.CCC.CCC.CO.NC(=O)NC(C=O)C1Cc2ccccc2C1. The van der Waals surface area contributed by atoms with Crippen molar-refractivity contribution in [3.05, 3.63) is 48.0 Å². The Balaban J connectivity index is -0.000000291. The maximum atomic E-state index is 12.0. The first-order chi connectivity index (χ1) is 23.5. The number of carbonyl (C=O) groups is 5. The smallest absolute Gasteiger partial charge is 0.312 e. The molecule has 1 fully saturated rings. The molecule has 0 aromatic heterocycles. The third-order valence-electron chi connectivity index (χ3n) is 6.60. The number of aldehydes is 1. The third-order valence-corrected chi connectivity index (χ3v) is 6.60. The molecule has 3 rings (SSSR count). The van der Waals surface area contributed by atoms with Gasteiger partial charge in [-0.05, 0) is 69.7 Å². The number of carbonyl (C=O) groups excluding carboxylic acids is 5. The first-order valence-corrected chi connectivity index (χ1v) is 17.3. The summed E-state index contributed by atoms with van der Waals surface area (Å²) in [5.74, 6) is 2.53. The number of benzene rings is 1. The van der Waals surface area contributed by atoms with E-state index in [-0.39, 0.29) is 23.7 Å². The number of nitrogens with two attached hydrogens (primary N) is 1. The van der Waals surface area contributed by atoms with E-state index in [2.05, 4.69) is 68.3 Å². The van der Waals surface area contributed by atoms with Gasteiger partial charge in [-0.3, -0.25) is 19.3 Å². The molecule has 280 valence electrons. The Hall–Kier alpha value is -4.01. The lowest BCUT2D eigenvalue weighted by molar-refractivity contribution is -0.129. The van der Waals surface area contributed by atoms with Crippen LogP contribution in [-0.2, 0) is 32.0 Å². The van der Waals surface area contributed by atoms with Gasteiger partial charge in [-0.15, -0.1) is 18.9 Å². The van der Waals surface area contributed by atoms with Crippen molar-refractivity contribution >= 4 is 30.4 Å². The second-order valence-electron chi connectivity index (χ2n) is 10.9. The summed E-state index contributed by atoms with van der Waals surface area (Å²) in [5.41, 5.74) is 7.54. The largest absolute Gasteiger partial charge is 0.400 e. The van der Waals surface area contributed by atoms with Gasteiger partial charge in [-0.25, -0.2) is 4.79 Å². The number of amides is 4. The molecular formula is C38H67N5O6. The van der Waals surface area contributed by atoms with Gasteiger partial charge >= 0.3 is 6.03 Å². The van der Waals surface area contributed by atoms with E-state index in [0.29, 0.717) is 25.8 Å². The minimum absolute atomic E-state index is 0.0331. The van der Waals surface area contributed by atoms with E-state index in [1.165, 1.54) is 30.9 Å². The van der Waals surface area contributed by atoms with Crippen LogP contribution >= 0.6 is 0 Å². The van der Waals surface area contributed by atoms with Crippen molar-refractivity contribution in [2.45, 2.75) is 118 Å². The van der Waals surface area contributed by atoms with Gasteiger partial charge in [0.25, 0.3) is 0 Å². The van der Waals surface area contributed by atoms with Gasteiger partial charge in [0.05, 0.1) is 18.1 Å².